The number of carbonyl (C=O) groups excluding carboxylic acids is 1. The van der Waals surface area contributed by atoms with Crippen molar-refractivity contribution >= 4 is 37.8 Å². The highest BCUT2D eigenvalue weighted by molar-refractivity contribution is 9.10. The van der Waals surface area contributed by atoms with Gasteiger partial charge in [-0.15, -0.1) is 0 Å². The van der Waals surface area contributed by atoms with E-state index in [9.17, 15) is 18.3 Å². The summed E-state index contributed by atoms with van der Waals surface area (Å²) in [6.45, 7) is 4.35. The average molecular weight is 438 g/mol. The van der Waals surface area contributed by atoms with Crippen molar-refractivity contribution in [3.63, 3.8) is 0 Å². The Kier molecular flexibility index (Phi) is 6.75. The highest BCUT2D eigenvalue weighted by Crippen LogP contribution is 2.25. The Morgan fingerprint density at radius 1 is 1.12 bits per heavy atom. The van der Waals surface area contributed by atoms with E-state index >= 15 is 0 Å². The van der Waals surface area contributed by atoms with Crippen LogP contribution in [0, 0.1) is 0 Å². The van der Waals surface area contributed by atoms with Gasteiger partial charge in [0.1, 0.15) is 5.75 Å². The summed E-state index contributed by atoms with van der Waals surface area (Å²) in [5, 5.41) is 9.48. The molecule has 5 nitrogen and oxygen atoms in total. The number of ketones is 1. The molecule has 0 saturated carbocycles. The third kappa shape index (κ3) is 4.60. The monoisotopic (exact) mass is 437 g/mol. The van der Waals surface area contributed by atoms with Crippen molar-refractivity contribution in [3.05, 3.63) is 64.1 Å². The van der Waals surface area contributed by atoms with Gasteiger partial charge in [0.15, 0.2) is 5.78 Å². The Bertz CT molecular complexity index is 917. The summed E-state index contributed by atoms with van der Waals surface area (Å²) in [4.78, 5) is 12.4. The molecule has 1 N–H and O–H groups in total. The van der Waals surface area contributed by atoms with Crippen molar-refractivity contribution in [2.45, 2.75) is 18.7 Å². The first-order valence-corrected chi connectivity index (χ1v) is 10.3. The zero-order valence-corrected chi connectivity index (χ0v) is 16.9. The second-order valence-electron chi connectivity index (χ2n) is 5.52. The van der Waals surface area contributed by atoms with E-state index in [1.165, 1.54) is 40.7 Å². The molecule has 2 aromatic carbocycles. The maximum Gasteiger partial charge on any atom is 0.243 e. The van der Waals surface area contributed by atoms with Gasteiger partial charge in [0.25, 0.3) is 0 Å². The molecule has 0 aromatic heterocycles. The molecule has 0 spiro atoms. The van der Waals surface area contributed by atoms with Crippen molar-refractivity contribution in [1.29, 1.82) is 0 Å². The van der Waals surface area contributed by atoms with Gasteiger partial charge in [-0.2, -0.15) is 4.31 Å². The molecule has 0 atom stereocenters. The van der Waals surface area contributed by atoms with E-state index in [4.69, 9.17) is 0 Å². The molecule has 7 heteroatoms. The van der Waals surface area contributed by atoms with E-state index in [0.29, 0.717) is 23.1 Å². The first kappa shape index (κ1) is 20.4. The fourth-order valence-corrected chi connectivity index (χ4v) is 4.25. The lowest BCUT2D eigenvalue weighted by molar-refractivity contribution is 0.104. The van der Waals surface area contributed by atoms with Gasteiger partial charge in [0.05, 0.1) is 9.37 Å². The van der Waals surface area contributed by atoms with Gasteiger partial charge in [-0.25, -0.2) is 8.42 Å². The van der Waals surface area contributed by atoms with Crippen molar-refractivity contribution in [1.82, 2.24) is 4.31 Å². The smallest absolute Gasteiger partial charge is 0.243 e. The van der Waals surface area contributed by atoms with Crippen LogP contribution in [0.4, 0.5) is 0 Å². The number of hydrogen-bond acceptors (Lipinski definition) is 4. The molecule has 0 fully saturated rings. The molecular weight excluding hydrogens is 418 g/mol. The summed E-state index contributed by atoms with van der Waals surface area (Å²) in [6, 6.07) is 10.8. The molecule has 0 amide bonds. The number of allylic oxidation sites excluding steroid dienone is 1. The number of halogens is 1. The van der Waals surface area contributed by atoms with Crippen LogP contribution in [-0.2, 0) is 10.0 Å². The van der Waals surface area contributed by atoms with E-state index in [2.05, 4.69) is 15.9 Å². The fraction of sp³-hybridized carbons (Fsp3) is 0.211. The fourth-order valence-electron chi connectivity index (χ4n) is 2.40. The summed E-state index contributed by atoms with van der Waals surface area (Å²) in [7, 11) is -3.53. The molecule has 0 aliphatic carbocycles. The minimum absolute atomic E-state index is 0.124. The van der Waals surface area contributed by atoms with E-state index in [1.54, 1.807) is 32.1 Å². The molecule has 0 unspecified atom stereocenters. The quantitative estimate of drug-likeness (QED) is 0.522. The topological polar surface area (TPSA) is 74.7 Å². The van der Waals surface area contributed by atoms with Crippen LogP contribution >= 0.6 is 15.9 Å². The Morgan fingerprint density at radius 3 is 2.27 bits per heavy atom. The molecule has 0 aliphatic heterocycles. The second kappa shape index (κ2) is 8.62. The molecule has 0 aliphatic rings. The molecular formula is C19H20BrNO4S. The molecule has 0 radical (unpaired) electrons. The van der Waals surface area contributed by atoms with Crippen LogP contribution in [0.2, 0.25) is 0 Å². The lowest BCUT2D eigenvalue weighted by atomic mass is 10.1. The molecule has 0 saturated heterocycles. The van der Waals surface area contributed by atoms with Gasteiger partial charge in [-0.05, 0) is 64.0 Å². The molecule has 0 bridgehead atoms. The van der Waals surface area contributed by atoms with Crippen molar-refractivity contribution in [3.8, 4) is 5.75 Å². The normalized spacial score (nSPS) is 12.0. The predicted octanol–water partition coefficient (Wildman–Crippen LogP) is 4.08. The zero-order chi connectivity index (χ0) is 19.3. The van der Waals surface area contributed by atoms with Gasteiger partial charge < -0.3 is 5.11 Å². The van der Waals surface area contributed by atoms with Gasteiger partial charge >= 0.3 is 0 Å². The van der Waals surface area contributed by atoms with E-state index in [1.807, 2.05) is 0 Å². The number of phenolic OH excluding ortho intramolecular Hbond substituents is 1. The SMILES string of the molecule is CCN(CC)S(=O)(=O)c1ccc(C(=O)/C=C/c2ccc(O)c(Br)c2)cc1. The summed E-state index contributed by atoms with van der Waals surface area (Å²) in [5.74, 6) is -0.112. The second-order valence-corrected chi connectivity index (χ2v) is 8.31. The van der Waals surface area contributed by atoms with Crippen LogP contribution in [0.25, 0.3) is 6.08 Å². The highest BCUT2D eigenvalue weighted by atomic mass is 79.9. The molecule has 138 valence electrons. The van der Waals surface area contributed by atoms with Crippen molar-refractivity contribution in [2.24, 2.45) is 0 Å². The highest BCUT2D eigenvalue weighted by Gasteiger charge is 2.21. The van der Waals surface area contributed by atoms with E-state index in [0.717, 1.165) is 5.56 Å². The lowest BCUT2D eigenvalue weighted by Crippen LogP contribution is -2.30. The maximum absolute atomic E-state index is 12.4. The number of phenols is 1. The van der Waals surface area contributed by atoms with Crippen LogP contribution in [0.15, 0.2) is 57.9 Å². The largest absolute Gasteiger partial charge is 0.507 e. The molecule has 2 aromatic rings. The summed E-state index contributed by atoms with van der Waals surface area (Å²) in [5.41, 5.74) is 1.15. The van der Waals surface area contributed by atoms with Gasteiger partial charge in [0.2, 0.25) is 10.0 Å². The van der Waals surface area contributed by atoms with E-state index in [-0.39, 0.29) is 16.4 Å². The minimum Gasteiger partial charge on any atom is -0.507 e. The Labute approximate surface area is 162 Å². The molecule has 26 heavy (non-hydrogen) atoms. The number of benzene rings is 2. The van der Waals surface area contributed by atoms with Crippen molar-refractivity contribution < 1.29 is 18.3 Å². The average Bonchev–Trinajstić information content (AvgIpc) is 2.63. The number of hydrogen-bond donors (Lipinski definition) is 1. The summed E-state index contributed by atoms with van der Waals surface area (Å²) < 4.78 is 26.8. The van der Waals surface area contributed by atoms with Crippen LogP contribution in [-0.4, -0.2) is 36.7 Å². The van der Waals surface area contributed by atoms with Gasteiger partial charge in [-0.3, -0.25) is 4.79 Å². The molecule has 0 heterocycles. The summed E-state index contributed by atoms with van der Waals surface area (Å²) >= 11 is 3.22. The summed E-state index contributed by atoms with van der Waals surface area (Å²) in [6.07, 6.45) is 3.04. The Morgan fingerprint density at radius 2 is 1.73 bits per heavy atom. The van der Waals surface area contributed by atoms with E-state index < -0.39 is 10.0 Å². The first-order valence-electron chi connectivity index (χ1n) is 8.10. The Hall–Kier alpha value is -1.96. The van der Waals surface area contributed by atoms with Crippen LogP contribution < -0.4 is 0 Å². The number of carbonyl (C=O) groups is 1. The Balaban J connectivity index is 2.18. The van der Waals surface area contributed by atoms with Crippen LogP contribution in [0.3, 0.4) is 0 Å². The maximum atomic E-state index is 12.4. The van der Waals surface area contributed by atoms with Gasteiger partial charge in [0, 0.05) is 18.7 Å². The van der Waals surface area contributed by atoms with Crippen molar-refractivity contribution in [2.75, 3.05) is 13.1 Å². The van der Waals surface area contributed by atoms with Crippen LogP contribution in [0.1, 0.15) is 29.8 Å². The lowest BCUT2D eigenvalue weighted by Gasteiger charge is -2.18. The predicted molar refractivity (Wildman–Crippen MR) is 106 cm³/mol. The zero-order valence-electron chi connectivity index (χ0n) is 14.5. The number of sulfonamides is 1. The number of aromatic hydroxyl groups is 1. The molecule has 2 rings (SSSR count). The number of rotatable bonds is 7. The third-order valence-corrected chi connectivity index (χ3v) is 6.58. The van der Waals surface area contributed by atoms with Crippen LogP contribution in [0.5, 0.6) is 5.75 Å². The third-order valence-electron chi connectivity index (χ3n) is 3.88. The number of nitrogens with zero attached hydrogens (tertiary/aromatic N) is 1. The first-order chi connectivity index (χ1) is 12.3. The van der Waals surface area contributed by atoms with Gasteiger partial charge in [-0.1, -0.05) is 26.0 Å². The minimum atomic E-state index is -3.53. The standard InChI is InChI=1S/C19H20BrNO4S/c1-3-21(4-2)26(24,25)16-9-7-15(8-10-16)18(22)11-5-14-6-12-19(23)17(20)13-14/h5-13,23H,3-4H2,1-2H3/b11-5+.